The normalized spacial score (nSPS) is 10.6. The van der Waals surface area contributed by atoms with Gasteiger partial charge in [0.1, 0.15) is 12.1 Å². The Labute approximate surface area is 98.5 Å². The molecule has 17 heavy (non-hydrogen) atoms. The molecule has 4 nitrogen and oxygen atoms in total. The Balaban J connectivity index is 2.27. The monoisotopic (exact) mass is 225 g/mol. The molecule has 0 saturated carbocycles. The van der Waals surface area contributed by atoms with Crippen LogP contribution in [0.1, 0.15) is 0 Å². The highest BCUT2D eigenvalue weighted by atomic mass is 16.5. The first-order valence-electron chi connectivity index (χ1n) is 5.31. The van der Waals surface area contributed by atoms with E-state index in [9.17, 15) is 0 Å². The number of fused-ring (bicyclic) bond motifs is 1. The fourth-order valence-corrected chi connectivity index (χ4v) is 1.87. The zero-order chi connectivity index (χ0) is 11.7. The van der Waals surface area contributed by atoms with E-state index in [0.29, 0.717) is 0 Å². The summed E-state index contributed by atoms with van der Waals surface area (Å²) < 4.78 is 7.32. The Morgan fingerprint density at radius 1 is 1.06 bits per heavy atom. The Morgan fingerprint density at radius 2 is 1.94 bits per heavy atom. The van der Waals surface area contributed by atoms with Crippen LogP contribution in [-0.2, 0) is 0 Å². The van der Waals surface area contributed by atoms with Crippen LogP contribution in [0.25, 0.3) is 16.9 Å². The molecule has 0 atom stereocenters. The van der Waals surface area contributed by atoms with Crippen molar-refractivity contribution < 1.29 is 4.74 Å². The van der Waals surface area contributed by atoms with Crippen molar-refractivity contribution in [2.24, 2.45) is 0 Å². The van der Waals surface area contributed by atoms with Crippen molar-refractivity contribution in [3.63, 3.8) is 0 Å². The first kappa shape index (κ1) is 9.84. The van der Waals surface area contributed by atoms with Gasteiger partial charge in [0, 0.05) is 6.20 Å². The first-order valence-corrected chi connectivity index (χ1v) is 5.31. The van der Waals surface area contributed by atoms with Crippen LogP contribution in [0.4, 0.5) is 0 Å². The van der Waals surface area contributed by atoms with E-state index in [4.69, 9.17) is 4.74 Å². The van der Waals surface area contributed by atoms with Crippen molar-refractivity contribution in [1.29, 1.82) is 0 Å². The number of methoxy groups -OCH3 is 1. The van der Waals surface area contributed by atoms with Gasteiger partial charge in [-0.05, 0) is 24.3 Å². The number of rotatable bonds is 2. The molecule has 0 amide bonds. The maximum atomic E-state index is 5.35. The van der Waals surface area contributed by atoms with Crippen LogP contribution in [0.3, 0.4) is 0 Å². The molecular weight excluding hydrogens is 214 g/mol. The second-order valence-electron chi connectivity index (χ2n) is 3.63. The standard InChI is InChI=1S/C13H11N3O/c1-17-12-7-3-2-5-10(12)16-9-15-13-11(16)6-4-8-14-13/h2-9H,1H3. The van der Waals surface area contributed by atoms with Gasteiger partial charge in [-0.15, -0.1) is 0 Å². The van der Waals surface area contributed by atoms with Gasteiger partial charge in [-0.2, -0.15) is 0 Å². The van der Waals surface area contributed by atoms with Crippen LogP contribution in [0.5, 0.6) is 5.75 Å². The van der Waals surface area contributed by atoms with E-state index >= 15 is 0 Å². The maximum absolute atomic E-state index is 5.35. The second-order valence-corrected chi connectivity index (χ2v) is 3.63. The minimum absolute atomic E-state index is 0.735. The molecule has 2 aromatic heterocycles. The fourth-order valence-electron chi connectivity index (χ4n) is 1.87. The zero-order valence-corrected chi connectivity index (χ0v) is 9.37. The highest BCUT2D eigenvalue weighted by Crippen LogP contribution is 2.24. The van der Waals surface area contributed by atoms with Crippen LogP contribution in [0.15, 0.2) is 48.9 Å². The van der Waals surface area contributed by atoms with E-state index in [1.165, 1.54) is 0 Å². The molecule has 0 unspecified atom stereocenters. The number of ether oxygens (including phenoxy) is 1. The summed E-state index contributed by atoms with van der Waals surface area (Å²) in [6.45, 7) is 0. The first-order chi connectivity index (χ1) is 8.40. The third-order valence-electron chi connectivity index (χ3n) is 2.67. The summed E-state index contributed by atoms with van der Waals surface area (Å²) in [7, 11) is 1.66. The highest BCUT2D eigenvalue weighted by Gasteiger charge is 2.08. The van der Waals surface area contributed by atoms with E-state index in [2.05, 4.69) is 9.97 Å². The molecule has 0 radical (unpaired) electrons. The summed E-state index contributed by atoms with van der Waals surface area (Å²) in [6.07, 6.45) is 3.50. The van der Waals surface area contributed by atoms with Crippen molar-refractivity contribution in [2.75, 3.05) is 7.11 Å². The van der Waals surface area contributed by atoms with Gasteiger partial charge in [-0.1, -0.05) is 12.1 Å². The Kier molecular flexibility index (Phi) is 2.26. The molecule has 0 aliphatic heterocycles. The lowest BCUT2D eigenvalue weighted by molar-refractivity contribution is 0.413. The van der Waals surface area contributed by atoms with Crippen molar-refractivity contribution in [1.82, 2.24) is 14.5 Å². The molecule has 2 heterocycles. The minimum Gasteiger partial charge on any atom is -0.495 e. The van der Waals surface area contributed by atoms with Gasteiger partial charge in [-0.3, -0.25) is 4.57 Å². The average Bonchev–Trinajstić information content (AvgIpc) is 2.82. The summed E-state index contributed by atoms with van der Waals surface area (Å²) in [6, 6.07) is 11.7. The Hall–Kier alpha value is -2.36. The highest BCUT2D eigenvalue weighted by molar-refractivity contribution is 5.73. The SMILES string of the molecule is COc1ccccc1-n1cnc2ncccc21. The largest absolute Gasteiger partial charge is 0.495 e. The number of para-hydroxylation sites is 2. The van der Waals surface area contributed by atoms with Gasteiger partial charge in [0.15, 0.2) is 5.65 Å². The number of benzene rings is 1. The lowest BCUT2D eigenvalue weighted by Crippen LogP contribution is -1.96. The van der Waals surface area contributed by atoms with E-state index < -0.39 is 0 Å². The van der Waals surface area contributed by atoms with Crippen LogP contribution in [-0.4, -0.2) is 21.6 Å². The molecule has 3 rings (SSSR count). The van der Waals surface area contributed by atoms with Crippen molar-refractivity contribution in [2.45, 2.75) is 0 Å². The number of hydrogen-bond donors (Lipinski definition) is 0. The van der Waals surface area contributed by atoms with E-state index in [-0.39, 0.29) is 0 Å². The van der Waals surface area contributed by atoms with Crippen LogP contribution >= 0.6 is 0 Å². The molecule has 0 aliphatic rings. The van der Waals surface area contributed by atoms with Crippen LogP contribution in [0.2, 0.25) is 0 Å². The number of pyridine rings is 1. The zero-order valence-electron chi connectivity index (χ0n) is 9.37. The van der Waals surface area contributed by atoms with Crippen molar-refractivity contribution in [3.8, 4) is 11.4 Å². The average molecular weight is 225 g/mol. The van der Waals surface area contributed by atoms with Gasteiger partial charge >= 0.3 is 0 Å². The van der Waals surface area contributed by atoms with Crippen molar-refractivity contribution >= 4 is 11.2 Å². The lowest BCUT2D eigenvalue weighted by atomic mass is 10.3. The summed E-state index contributed by atoms with van der Waals surface area (Å²) in [5, 5.41) is 0. The molecule has 0 N–H and O–H groups in total. The summed E-state index contributed by atoms with van der Waals surface area (Å²) >= 11 is 0. The molecule has 1 aromatic carbocycles. The predicted molar refractivity (Wildman–Crippen MR) is 65.4 cm³/mol. The summed E-state index contributed by atoms with van der Waals surface area (Å²) in [5.41, 5.74) is 2.67. The third kappa shape index (κ3) is 1.54. The van der Waals surface area contributed by atoms with Gasteiger partial charge in [0.2, 0.25) is 0 Å². The molecule has 84 valence electrons. The second kappa shape index (κ2) is 3.90. The molecule has 3 aromatic rings. The van der Waals surface area contributed by atoms with Crippen LogP contribution < -0.4 is 4.74 Å². The molecule has 0 fully saturated rings. The van der Waals surface area contributed by atoms with Gasteiger partial charge in [-0.25, -0.2) is 9.97 Å². The number of imidazole rings is 1. The quantitative estimate of drug-likeness (QED) is 0.672. The number of hydrogen-bond acceptors (Lipinski definition) is 3. The topological polar surface area (TPSA) is 39.9 Å². The Bertz CT molecular complexity index is 660. The molecule has 4 heteroatoms. The van der Waals surface area contributed by atoms with E-state index in [1.807, 2.05) is 41.0 Å². The minimum atomic E-state index is 0.735. The molecule has 0 saturated heterocycles. The fraction of sp³-hybridized carbons (Fsp3) is 0.0769. The van der Waals surface area contributed by atoms with E-state index in [1.54, 1.807) is 19.6 Å². The molecule has 0 aliphatic carbocycles. The Morgan fingerprint density at radius 3 is 2.82 bits per heavy atom. The van der Waals surface area contributed by atoms with Gasteiger partial charge in [0.25, 0.3) is 0 Å². The summed E-state index contributed by atoms with van der Waals surface area (Å²) in [5.74, 6) is 0.815. The smallest absolute Gasteiger partial charge is 0.177 e. The predicted octanol–water partition coefficient (Wildman–Crippen LogP) is 2.43. The van der Waals surface area contributed by atoms with Gasteiger partial charge in [0.05, 0.1) is 18.3 Å². The molecular formula is C13H11N3O. The summed E-state index contributed by atoms with van der Waals surface area (Å²) in [4.78, 5) is 8.48. The maximum Gasteiger partial charge on any atom is 0.177 e. The van der Waals surface area contributed by atoms with E-state index in [0.717, 1.165) is 22.6 Å². The lowest BCUT2D eigenvalue weighted by Gasteiger charge is -2.09. The van der Waals surface area contributed by atoms with Crippen LogP contribution in [0, 0.1) is 0 Å². The number of nitrogens with zero attached hydrogens (tertiary/aromatic N) is 3. The third-order valence-corrected chi connectivity index (χ3v) is 2.67. The molecule has 0 spiro atoms. The van der Waals surface area contributed by atoms with Crippen molar-refractivity contribution in [3.05, 3.63) is 48.9 Å². The number of aromatic nitrogens is 3. The molecule has 0 bridgehead atoms. The van der Waals surface area contributed by atoms with Gasteiger partial charge < -0.3 is 4.74 Å².